The standard InChI is InChI=1S/C14H20ClN3O3S/c1-2-16-14(19)12-10-11(15)6-7-13(12)17-22(20,21)18-8-4-3-5-9-18/h6-7,10,17H,2-5,8-9H2,1H3,(H,16,19). The summed E-state index contributed by atoms with van der Waals surface area (Å²) in [5.74, 6) is -0.360. The Kier molecular flexibility index (Phi) is 5.66. The molecule has 1 amide bonds. The lowest BCUT2D eigenvalue weighted by molar-refractivity contribution is 0.0956. The zero-order valence-corrected chi connectivity index (χ0v) is 14.0. The van der Waals surface area contributed by atoms with Gasteiger partial charge in [-0.1, -0.05) is 18.0 Å². The molecular formula is C14H20ClN3O3S. The number of benzene rings is 1. The van der Waals surface area contributed by atoms with Crippen molar-refractivity contribution in [3.05, 3.63) is 28.8 Å². The molecule has 1 heterocycles. The summed E-state index contributed by atoms with van der Waals surface area (Å²) in [6.07, 6.45) is 2.74. The van der Waals surface area contributed by atoms with Crippen LogP contribution in [0.3, 0.4) is 0 Å². The van der Waals surface area contributed by atoms with E-state index in [-0.39, 0.29) is 17.2 Å². The average Bonchev–Trinajstić information content (AvgIpc) is 2.50. The molecule has 1 aliphatic rings. The van der Waals surface area contributed by atoms with Crippen molar-refractivity contribution in [1.82, 2.24) is 9.62 Å². The van der Waals surface area contributed by atoms with Gasteiger partial charge in [0, 0.05) is 24.7 Å². The molecule has 22 heavy (non-hydrogen) atoms. The maximum Gasteiger partial charge on any atom is 0.301 e. The number of hydrogen-bond acceptors (Lipinski definition) is 3. The van der Waals surface area contributed by atoms with E-state index < -0.39 is 10.2 Å². The van der Waals surface area contributed by atoms with Crippen molar-refractivity contribution in [2.24, 2.45) is 0 Å². The second-order valence-electron chi connectivity index (χ2n) is 5.12. The van der Waals surface area contributed by atoms with Gasteiger partial charge in [0.15, 0.2) is 0 Å². The van der Waals surface area contributed by atoms with Gasteiger partial charge in [-0.3, -0.25) is 9.52 Å². The molecule has 0 radical (unpaired) electrons. The Morgan fingerprint density at radius 3 is 2.59 bits per heavy atom. The first kappa shape index (κ1) is 17.1. The predicted molar refractivity (Wildman–Crippen MR) is 87.4 cm³/mol. The van der Waals surface area contributed by atoms with Gasteiger partial charge in [0.25, 0.3) is 5.91 Å². The zero-order chi connectivity index (χ0) is 16.2. The molecule has 0 spiro atoms. The largest absolute Gasteiger partial charge is 0.352 e. The maximum atomic E-state index is 12.4. The van der Waals surface area contributed by atoms with Crippen molar-refractivity contribution in [3.8, 4) is 0 Å². The Hall–Kier alpha value is -1.31. The fourth-order valence-electron chi connectivity index (χ4n) is 2.36. The smallest absolute Gasteiger partial charge is 0.301 e. The molecule has 0 aromatic heterocycles. The first-order valence-electron chi connectivity index (χ1n) is 7.29. The van der Waals surface area contributed by atoms with Gasteiger partial charge >= 0.3 is 10.2 Å². The van der Waals surface area contributed by atoms with Crippen molar-refractivity contribution < 1.29 is 13.2 Å². The van der Waals surface area contributed by atoms with E-state index in [1.54, 1.807) is 13.0 Å². The van der Waals surface area contributed by atoms with Gasteiger partial charge in [0.1, 0.15) is 0 Å². The summed E-state index contributed by atoms with van der Waals surface area (Å²) >= 11 is 5.91. The summed E-state index contributed by atoms with van der Waals surface area (Å²) < 4.78 is 28.8. The van der Waals surface area contributed by atoms with Crippen LogP contribution in [0.1, 0.15) is 36.5 Å². The second kappa shape index (κ2) is 7.30. The Balaban J connectivity index is 2.26. The molecule has 122 valence electrons. The molecule has 2 rings (SSSR count). The van der Waals surface area contributed by atoms with Crippen LogP contribution in [0.4, 0.5) is 5.69 Å². The Morgan fingerprint density at radius 2 is 1.95 bits per heavy atom. The third-order valence-electron chi connectivity index (χ3n) is 3.46. The van der Waals surface area contributed by atoms with Crippen molar-refractivity contribution in [2.45, 2.75) is 26.2 Å². The molecular weight excluding hydrogens is 326 g/mol. The van der Waals surface area contributed by atoms with Crippen LogP contribution in [0, 0.1) is 0 Å². The number of carbonyl (C=O) groups excluding carboxylic acids is 1. The first-order chi connectivity index (χ1) is 10.4. The highest BCUT2D eigenvalue weighted by atomic mass is 35.5. The fourth-order valence-corrected chi connectivity index (χ4v) is 3.85. The van der Waals surface area contributed by atoms with Crippen LogP contribution < -0.4 is 10.0 Å². The number of carbonyl (C=O) groups is 1. The molecule has 1 aromatic rings. The van der Waals surface area contributed by atoms with Gasteiger partial charge in [-0.25, -0.2) is 0 Å². The number of hydrogen-bond donors (Lipinski definition) is 2. The number of rotatable bonds is 5. The van der Waals surface area contributed by atoms with Gasteiger partial charge in [0.05, 0.1) is 11.3 Å². The molecule has 1 aliphatic heterocycles. The number of amides is 1. The third-order valence-corrected chi connectivity index (χ3v) is 5.22. The summed E-state index contributed by atoms with van der Waals surface area (Å²) in [6.45, 7) is 3.24. The van der Waals surface area contributed by atoms with Crippen molar-refractivity contribution >= 4 is 33.4 Å². The number of nitrogens with one attached hydrogen (secondary N) is 2. The molecule has 0 saturated carbocycles. The van der Waals surface area contributed by atoms with E-state index in [9.17, 15) is 13.2 Å². The molecule has 1 fully saturated rings. The minimum absolute atomic E-state index is 0.218. The van der Waals surface area contributed by atoms with E-state index >= 15 is 0 Å². The first-order valence-corrected chi connectivity index (χ1v) is 9.11. The average molecular weight is 346 g/mol. The van der Waals surface area contributed by atoms with Crippen molar-refractivity contribution in [2.75, 3.05) is 24.4 Å². The molecule has 8 heteroatoms. The molecule has 0 aliphatic carbocycles. The van der Waals surface area contributed by atoms with Crippen LogP contribution in [0.25, 0.3) is 0 Å². The Morgan fingerprint density at radius 1 is 1.27 bits per heavy atom. The van der Waals surface area contributed by atoms with E-state index in [1.807, 2.05) is 0 Å². The monoisotopic (exact) mass is 345 g/mol. The lowest BCUT2D eigenvalue weighted by Crippen LogP contribution is -2.39. The van der Waals surface area contributed by atoms with Crippen LogP contribution in [0.2, 0.25) is 5.02 Å². The molecule has 0 bridgehead atoms. The molecule has 6 nitrogen and oxygen atoms in total. The highest BCUT2D eigenvalue weighted by Crippen LogP contribution is 2.23. The van der Waals surface area contributed by atoms with Crippen LogP contribution >= 0.6 is 11.6 Å². The highest BCUT2D eigenvalue weighted by Gasteiger charge is 2.25. The number of nitrogens with zero attached hydrogens (tertiary/aromatic N) is 1. The number of anilines is 1. The third kappa shape index (κ3) is 4.12. The van der Waals surface area contributed by atoms with Crippen molar-refractivity contribution in [1.29, 1.82) is 0 Å². The molecule has 2 N–H and O–H groups in total. The SMILES string of the molecule is CCNC(=O)c1cc(Cl)ccc1NS(=O)(=O)N1CCCCC1. The lowest BCUT2D eigenvalue weighted by atomic mass is 10.1. The number of halogens is 1. The van der Waals surface area contributed by atoms with E-state index in [0.29, 0.717) is 24.7 Å². The Labute approximate surface area is 136 Å². The number of piperidine rings is 1. The predicted octanol–water partition coefficient (Wildman–Crippen LogP) is 2.23. The topological polar surface area (TPSA) is 78.5 Å². The van der Waals surface area contributed by atoms with Crippen LogP contribution in [-0.4, -0.2) is 38.3 Å². The van der Waals surface area contributed by atoms with E-state index in [4.69, 9.17) is 11.6 Å². The van der Waals surface area contributed by atoms with Crippen LogP contribution in [0.5, 0.6) is 0 Å². The second-order valence-corrected chi connectivity index (χ2v) is 7.22. The fraction of sp³-hybridized carbons (Fsp3) is 0.500. The van der Waals surface area contributed by atoms with Gasteiger partial charge in [-0.05, 0) is 38.0 Å². The summed E-state index contributed by atoms with van der Waals surface area (Å²) in [7, 11) is -3.66. The molecule has 1 saturated heterocycles. The Bertz CT molecular complexity index is 643. The lowest BCUT2D eigenvalue weighted by Gasteiger charge is -2.26. The van der Waals surface area contributed by atoms with Gasteiger partial charge in [-0.15, -0.1) is 0 Å². The van der Waals surface area contributed by atoms with Gasteiger partial charge in [0.2, 0.25) is 0 Å². The van der Waals surface area contributed by atoms with Gasteiger partial charge < -0.3 is 5.32 Å². The quantitative estimate of drug-likeness (QED) is 0.859. The molecule has 1 aromatic carbocycles. The van der Waals surface area contributed by atoms with E-state index in [0.717, 1.165) is 19.3 Å². The summed E-state index contributed by atoms with van der Waals surface area (Å²) in [5, 5.41) is 3.03. The summed E-state index contributed by atoms with van der Waals surface area (Å²) in [5.41, 5.74) is 0.454. The van der Waals surface area contributed by atoms with Crippen LogP contribution in [0.15, 0.2) is 18.2 Å². The maximum absolute atomic E-state index is 12.4. The minimum atomic E-state index is -3.66. The summed E-state index contributed by atoms with van der Waals surface area (Å²) in [6, 6.07) is 4.52. The van der Waals surface area contributed by atoms with E-state index in [2.05, 4.69) is 10.0 Å². The zero-order valence-electron chi connectivity index (χ0n) is 12.4. The highest BCUT2D eigenvalue weighted by molar-refractivity contribution is 7.90. The normalized spacial score (nSPS) is 16.3. The van der Waals surface area contributed by atoms with Gasteiger partial charge in [-0.2, -0.15) is 12.7 Å². The van der Waals surface area contributed by atoms with Crippen molar-refractivity contribution in [3.63, 3.8) is 0 Å². The van der Waals surface area contributed by atoms with Crippen LogP contribution in [-0.2, 0) is 10.2 Å². The van der Waals surface area contributed by atoms with E-state index in [1.165, 1.54) is 16.4 Å². The molecule has 0 unspecified atom stereocenters. The summed E-state index contributed by atoms with van der Waals surface area (Å²) in [4.78, 5) is 12.1. The molecule has 0 atom stereocenters. The minimum Gasteiger partial charge on any atom is -0.352 e.